The number of carbonyl (C=O) groups excluding carboxylic acids is 3. The molecule has 1 saturated heterocycles. The maximum absolute atomic E-state index is 15.6. The van der Waals surface area contributed by atoms with Gasteiger partial charge >= 0.3 is 5.97 Å². The lowest BCUT2D eigenvalue weighted by atomic mass is 9.44. The number of aromatic hydroxyl groups is 1. The monoisotopic (exact) mass is 1140 g/mol. The number of hydrogen-bond donors (Lipinski definition) is 10. The molecule has 5 fully saturated rings. The SMILES string of the molecule is CC1CCC2=CCC3C(C)CC(O)C(C)(O)C4C(CC#CC(C5COC(=O)C5c5cc[nH]c5)CC3C2C1)CC1(O)C2=C(NCC(=O)CCc3ccc(O)cc3)C(=O)C3CC(O)C(O)CC3(C)C2CCC41CCNC(N)=NCc1ccccc1. The average Bonchev–Trinajstić information content (AvgIpc) is 1.70. The molecule has 4 saturated carbocycles. The lowest BCUT2D eigenvalue weighted by molar-refractivity contribution is -0.190. The number of nitrogens with one attached hydrogen (secondary N) is 3. The summed E-state index contributed by atoms with van der Waals surface area (Å²) < 4.78 is 5.97. The Hall–Kier alpha value is -5.76. The molecule has 0 amide bonds. The normalized spacial score (nSPS) is 39.7. The highest BCUT2D eigenvalue weighted by Gasteiger charge is 2.74. The van der Waals surface area contributed by atoms with Crippen LogP contribution in [-0.2, 0) is 32.1 Å². The summed E-state index contributed by atoms with van der Waals surface area (Å²) in [7, 11) is 0. The van der Waals surface area contributed by atoms with Crippen LogP contribution in [0.25, 0.3) is 0 Å². The van der Waals surface area contributed by atoms with Gasteiger partial charge in [-0.05, 0) is 178 Å². The van der Waals surface area contributed by atoms with Crippen molar-refractivity contribution in [2.75, 3.05) is 19.7 Å². The zero-order valence-electron chi connectivity index (χ0n) is 48.9. The van der Waals surface area contributed by atoms with Gasteiger partial charge in [0.25, 0.3) is 0 Å². The van der Waals surface area contributed by atoms with Gasteiger partial charge in [0.2, 0.25) is 0 Å². The Balaban J connectivity index is 1.03. The first-order valence-corrected chi connectivity index (χ1v) is 31.1. The van der Waals surface area contributed by atoms with E-state index >= 15 is 4.79 Å². The van der Waals surface area contributed by atoms with Gasteiger partial charge in [-0.1, -0.05) is 80.8 Å². The van der Waals surface area contributed by atoms with Crippen molar-refractivity contribution in [2.24, 2.45) is 86.7 Å². The highest BCUT2D eigenvalue weighted by molar-refractivity contribution is 6.00. The molecule has 7 aliphatic carbocycles. The van der Waals surface area contributed by atoms with Crippen molar-refractivity contribution in [3.05, 3.63) is 113 Å². The molecule has 11 rings (SSSR count). The number of cyclic esters (lactones) is 1. The molecule has 0 spiro atoms. The van der Waals surface area contributed by atoms with E-state index in [1.807, 2.05) is 55.7 Å². The van der Waals surface area contributed by atoms with E-state index in [1.54, 1.807) is 31.2 Å². The standard InChI is InChI=1S/C68H89N5O10/c1-39-13-17-43-18-22-49-40(2)30-57(78)66(4,81)62-45(12-8-11-44(31-51(49)50(43)29-39)52-38-83-63(80)58(52)46-24-27-70-36-46)33-68(82)59-53(23-25-67(62,68)26-28-71-64(69)73-35-42-9-6-5-7-10-42)65(3)34-56(77)55(76)32-54(65)61(79)60(59)72-37-48(75)21-16-41-14-19-47(74)20-15-41/h5-7,9-10,14-15,18-20,24,27,36,39-40,44-45,49-58,62,70,72,74,76-78,81-82H,12-13,16-17,21-23,25-26,28-35,37-38H2,1-4H3,(H3,69,71,73). The molecule has 1 aromatic heterocycles. The molecular weight excluding hydrogens is 1050 g/mol. The molecule has 1 aliphatic heterocycles. The smallest absolute Gasteiger partial charge is 0.313 e. The zero-order valence-corrected chi connectivity index (χ0v) is 48.9. The first-order valence-electron chi connectivity index (χ1n) is 31.1. The van der Waals surface area contributed by atoms with Gasteiger partial charge < -0.3 is 56.7 Å². The number of H-pyrrole nitrogens is 1. The minimum atomic E-state index is -1.85. The van der Waals surface area contributed by atoms with E-state index < -0.39 is 69.9 Å². The number of aliphatic hydroxyl groups excluding tert-OH is 3. The van der Waals surface area contributed by atoms with Crippen LogP contribution in [0, 0.1) is 87.8 Å². The van der Waals surface area contributed by atoms with Crippen LogP contribution in [0.5, 0.6) is 5.75 Å². The molecule has 8 aliphatic rings. The molecular formula is C68H89N5O10. The number of allylic oxidation sites excluding steroid dienone is 3. The van der Waals surface area contributed by atoms with Gasteiger partial charge in [0.05, 0.1) is 60.8 Å². The quantitative estimate of drug-likeness (QED) is 0.0261. The highest BCUT2D eigenvalue weighted by Crippen LogP contribution is 2.72. The maximum Gasteiger partial charge on any atom is 0.313 e. The minimum Gasteiger partial charge on any atom is -0.508 e. The Kier molecular flexibility index (Phi) is 16.8. The van der Waals surface area contributed by atoms with Crippen LogP contribution < -0.4 is 16.4 Å². The topological polar surface area (TPSA) is 260 Å². The predicted molar refractivity (Wildman–Crippen MR) is 315 cm³/mol. The molecule has 2 heterocycles. The third-order valence-electron chi connectivity index (χ3n) is 22.5. The summed E-state index contributed by atoms with van der Waals surface area (Å²) in [6.45, 7) is 8.87. The maximum atomic E-state index is 15.6. The van der Waals surface area contributed by atoms with E-state index in [2.05, 4.69) is 52.4 Å². The van der Waals surface area contributed by atoms with Gasteiger partial charge in [0.15, 0.2) is 17.5 Å². The molecule has 446 valence electrons. The Morgan fingerprint density at radius 1 is 0.904 bits per heavy atom. The molecule has 15 heteroatoms. The fourth-order valence-corrected chi connectivity index (χ4v) is 18.4. The number of esters is 1. The molecule has 19 atom stereocenters. The van der Waals surface area contributed by atoms with E-state index in [0.29, 0.717) is 49.6 Å². The fraction of sp³-hybridized carbons (Fsp3) is 0.618. The third-order valence-corrected chi connectivity index (χ3v) is 22.5. The van der Waals surface area contributed by atoms with E-state index in [9.17, 15) is 40.2 Å². The van der Waals surface area contributed by atoms with Gasteiger partial charge in [-0.2, -0.15) is 0 Å². The highest BCUT2D eigenvalue weighted by atomic mass is 16.5. The Bertz CT molecular complexity index is 3020. The molecule has 3 aromatic rings. The van der Waals surface area contributed by atoms with Crippen molar-refractivity contribution < 1.29 is 49.8 Å². The number of guanidine groups is 1. The number of phenolic OH excluding ortho intramolecular Hbond substituents is 1. The van der Waals surface area contributed by atoms with Crippen LogP contribution in [0.2, 0.25) is 0 Å². The van der Waals surface area contributed by atoms with Gasteiger partial charge in [-0.15, -0.1) is 5.92 Å². The summed E-state index contributed by atoms with van der Waals surface area (Å²) >= 11 is 0. The molecule has 2 aromatic carbocycles. The van der Waals surface area contributed by atoms with Crippen LogP contribution >= 0.6 is 0 Å². The summed E-state index contributed by atoms with van der Waals surface area (Å²) in [6, 6.07) is 18.4. The second-order valence-electron chi connectivity index (χ2n) is 27.3. The fourth-order valence-electron chi connectivity index (χ4n) is 18.4. The number of aliphatic imine (C=N–C) groups is 1. The Labute approximate surface area is 489 Å². The summed E-state index contributed by atoms with van der Waals surface area (Å²) in [5, 5.41) is 81.0. The number of hydrogen-bond acceptors (Lipinski definition) is 12. The molecule has 0 radical (unpaired) electrons. The number of ether oxygens (including phenoxy) is 1. The number of aromatic nitrogens is 1. The number of ketones is 2. The number of Topliss-reactive ketones (excluding diaryl/α,β-unsaturated/α-hetero) is 2. The number of rotatable bonds is 13. The summed E-state index contributed by atoms with van der Waals surface area (Å²) in [4.78, 5) is 51.3. The molecule has 11 N–H and O–H groups in total. The van der Waals surface area contributed by atoms with Crippen LogP contribution in [0.3, 0.4) is 0 Å². The molecule has 19 unspecified atom stereocenters. The van der Waals surface area contributed by atoms with Gasteiger partial charge in [0, 0.05) is 60.9 Å². The Morgan fingerprint density at radius 2 is 1.69 bits per heavy atom. The number of nitrogens with two attached hydrogens (primary N) is 1. The first kappa shape index (κ1) is 59.0. The van der Waals surface area contributed by atoms with E-state index in [-0.39, 0.29) is 123 Å². The number of phenols is 1. The van der Waals surface area contributed by atoms with Crippen molar-refractivity contribution >= 4 is 23.5 Å². The van der Waals surface area contributed by atoms with E-state index in [0.717, 1.165) is 48.8 Å². The second-order valence-corrected chi connectivity index (χ2v) is 27.3. The number of carbonyl (C=O) groups is 3. The van der Waals surface area contributed by atoms with Gasteiger partial charge in [0.1, 0.15) is 5.75 Å². The van der Waals surface area contributed by atoms with Gasteiger partial charge in [-0.25, -0.2) is 4.99 Å². The summed E-state index contributed by atoms with van der Waals surface area (Å²) in [5.41, 5.74) is 5.66. The van der Waals surface area contributed by atoms with Crippen LogP contribution in [-0.4, -0.2) is 108 Å². The third kappa shape index (κ3) is 11.0. The lowest BCUT2D eigenvalue weighted by Crippen LogP contribution is -2.66. The van der Waals surface area contributed by atoms with Gasteiger partial charge in [-0.3, -0.25) is 14.4 Å². The van der Waals surface area contributed by atoms with Crippen molar-refractivity contribution in [3.8, 4) is 17.6 Å². The number of aryl methyl sites for hydroxylation is 1. The van der Waals surface area contributed by atoms with Crippen LogP contribution in [0.4, 0.5) is 0 Å². The molecule has 0 bridgehead atoms. The number of aliphatic hydroxyl groups is 5. The van der Waals surface area contributed by atoms with Crippen molar-refractivity contribution in [2.45, 2.75) is 166 Å². The van der Waals surface area contributed by atoms with Crippen LogP contribution in [0.15, 0.2) is 101 Å². The Morgan fingerprint density at radius 3 is 2.45 bits per heavy atom. The van der Waals surface area contributed by atoms with E-state index in [1.165, 1.54) is 5.57 Å². The number of fused-ring (bicyclic) bond motifs is 10. The average molecular weight is 1140 g/mol. The number of benzene rings is 2. The van der Waals surface area contributed by atoms with E-state index in [4.69, 9.17) is 10.5 Å². The molecule has 15 nitrogen and oxygen atoms in total. The molecule has 83 heavy (non-hydrogen) atoms. The minimum absolute atomic E-state index is 0.0116. The summed E-state index contributed by atoms with van der Waals surface area (Å²) in [6.07, 6.45) is 9.81. The second kappa shape index (κ2) is 23.6. The summed E-state index contributed by atoms with van der Waals surface area (Å²) in [5.74, 6) is 4.71. The largest absolute Gasteiger partial charge is 0.508 e. The number of aromatic amines is 1. The zero-order chi connectivity index (χ0) is 58.6. The van der Waals surface area contributed by atoms with Crippen molar-refractivity contribution in [1.82, 2.24) is 15.6 Å². The van der Waals surface area contributed by atoms with Crippen molar-refractivity contribution in [1.29, 1.82) is 0 Å². The predicted octanol–water partition coefficient (Wildman–Crippen LogP) is 7.55. The van der Waals surface area contributed by atoms with Crippen LogP contribution in [0.1, 0.15) is 140 Å². The number of nitrogens with zero attached hydrogens (tertiary/aromatic N) is 1. The first-order chi connectivity index (χ1) is 39.7. The lowest BCUT2D eigenvalue weighted by Gasteiger charge is -2.62. The van der Waals surface area contributed by atoms with Crippen molar-refractivity contribution in [3.63, 3.8) is 0 Å².